The van der Waals surface area contributed by atoms with Crippen molar-refractivity contribution in [2.45, 2.75) is 0 Å². The minimum absolute atomic E-state index is 0.0286. The molecule has 0 aliphatic heterocycles. The third-order valence-electron chi connectivity index (χ3n) is 2.12. The number of hydrogen-bond donors (Lipinski definition) is 1. The lowest BCUT2D eigenvalue weighted by Crippen LogP contribution is -2.01. The summed E-state index contributed by atoms with van der Waals surface area (Å²) in [5.41, 5.74) is 7.45. The quantitative estimate of drug-likeness (QED) is 0.591. The molecule has 2 aromatic rings. The number of carbonyl (C=O) groups is 1. The maximum absolute atomic E-state index is 11.9. The Morgan fingerprint density at radius 3 is 2.60 bits per heavy atom. The van der Waals surface area contributed by atoms with Crippen molar-refractivity contribution in [1.82, 2.24) is 0 Å². The summed E-state index contributed by atoms with van der Waals surface area (Å²) in [7, 11) is 0. The molecule has 0 spiro atoms. The van der Waals surface area contributed by atoms with Crippen molar-refractivity contribution in [3.8, 4) is 0 Å². The molecule has 73 valence electrons. The molecule has 0 aliphatic carbocycles. The molecule has 2 aromatic carbocycles. The van der Waals surface area contributed by atoms with Gasteiger partial charge >= 0.3 is 0 Å². The Morgan fingerprint density at radius 2 is 1.93 bits per heavy atom. The van der Waals surface area contributed by atoms with E-state index >= 15 is 0 Å². The third-order valence-corrected chi connectivity index (χ3v) is 2.12. The highest BCUT2D eigenvalue weighted by Gasteiger charge is 2.07. The minimum Gasteiger partial charge on any atom is -0.399 e. The van der Waals surface area contributed by atoms with Gasteiger partial charge in [0.05, 0.1) is 0 Å². The van der Waals surface area contributed by atoms with E-state index in [1.54, 1.807) is 48.5 Å². The van der Waals surface area contributed by atoms with Crippen LogP contribution in [0, 0.1) is 6.07 Å². The Morgan fingerprint density at radius 1 is 1.13 bits per heavy atom. The maximum atomic E-state index is 11.9. The summed E-state index contributed by atoms with van der Waals surface area (Å²) < 4.78 is 0. The zero-order chi connectivity index (χ0) is 10.7. The lowest BCUT2D eigenvalue weighted by Gasteiger charge is -2.01. The lowest BCUT2D eigenvalue weighted by atomic mass is 10.0. The molecule has 0 heterocycles. The summed E-state index contributed by atoms with van der Waals surface area (Å²) >= 11 is 0. The maximum Gasteiger partial charge on any atom is 0.193 e. The van der Waals surface area contributed by atoms with E-state index in [1.165, 1.54) is 0 Å². The Bertz CT molecular complexity index is 477. The summed E-state index contributed by atoms with van der Waals surface area (Å²) in [6, 6.07) is 16.8. The summed E-state index contributed by atoms with van der Waals surface area (Å²) in [6.07, 6.45) is 0. The molecule has 0 amide bonds. The van der Waals surface area contributed by atoms with E-state index in [9.17, 15) is 4.79 Å². The van der Waals surface area contributed by atoms with Crippen LogP contribution >= 0.6 is 0 Å². The molecule has 2 nitrogen and oxygen atoms in total. The molecule has 0 unspecified atom stereocenters. The number of ketones is 1. The van der Waals surface area contributed by atoms with Crippen molar-refractivity contribution in [3.63, 3.8) is 0 Å². The van der Waals surface area contributed by atoms with E-state index < -0.39 is 0 Å². The van der Waals surface area contributed by atoms with E-state index in [1.807, 2.05) is 0 Å². The molecule has 2 heteroatoms. The van der Waals surface area contributed by atoms with Crippen LogP contribution < -0.4 is 5.73 Å². The molecule has 0 aromatic heterocycles. The van der Waals surface area contributed by atoms with Crippen molar-refractivity contribution in [2.24, 2.45) is 0 Å². The first-order chi connectivity index (χ1) is 7.27. The van der Waals surface area contributed by atoms with Crippen LogP contribution in [0.3, 0.4) is 0 Å². The second-order valence-electron chi connectivity index (χ2n) is 3.25. The zero-order valence-corrected chi connectivity index (χ0v) is 8.10. The number of carbonyl (C=O) groups excluding carboxylic acids is 1. The van der Waals surface area contributed by atoms with Gasteiger partial charge in [0.25, 0.3) is 0 Å². The number of nitrogen functional groups attached to an aromatic ring is 1. The Hall–Kier alpha value is -2.09. The van der Waals surface area contributed by atoms with Crippen LogP contribution in [0.25, 0.3) is 0 Å². The van der Waals surface area contributed by atoms with Crippen molar-refractivity contribution >= 4 is 11.5 Å². The summed E-state index contributed by atoms with van der Waals surface area (Å²) in [5.74, 6) is -0.0286. The average Bonchev–Trinajstić information content (AvgIpc) is 2.29. The van der Waals surface area contributed by atoms with Gasteiger partial charge in [-0.2, -0.15) is 0 Å². The molecule has 1 radical (unpaired) electrons. The SMILES string of the molecule is Nc1cccc(C(=O)c2c[c]ccc2)c1. The van der Waals surface area contributed by atoms with E-state index in [0.29, 0.717) is 16.8 Å². The van der Waals surface area contributed by atoms with Crippen LogP contribution in [-0.4, -0.2) is 5.78 Å². The minimum atomic E-state index is -0.0286. The number of hydrogen-bond acceptors (Lipinski definition) is 2. The van der Waals surface area contributed by atoms with E-state index in [4.69, 9.17) is 5.73 Å². The topological polar surface area (TPSA) is 43.1 Å². The van der Waals surface area contributed by atoms with E-state index in [0.717, 1.165) is 0 Å². The fourth-order valence-corrected chi connectivity index (χ4v) is 1.38. The van der Waals surface area contributed by atoms with Gasteiger partial charge in [0.1, 0.15) is 0 Å². The number of anilines is 1. The molecular weight excluding hydrogens is 186 g/mol. The molecule has 2 rings (SSSR count). The molecule has 0 atom stereocenters. The van der Waals surface area contributed by atoms with Crippen LogP contribution in [0.5, 0.6) is 0 Å². The highest BCUT2D eigenvalue weighted by atomic mass is 16.1. The van der Waals surface area contributed by atoms with Gasteiger partial charge in [0.2, 0.25) is 0 Å². The normalized spacial score (nSPS) is 9.87. The van der Waals surface area contributed by atoms with Gasteiger partial charge in [0.15, 0.2) is 5.78 Å². The van der Waals surface area contributed by atoms with Crippen molar-refractivity contribution in [3.05, 3.63) is 65.7 Å². The monoisotopic (exact) mass is 196 g/mol. The van der Waals surface area contributed by atoms with Gasteiger partial charge in [-0.25, -0.2) is 0 Å². The van der Waals surface area contributed by atoms with Crippen LogP contribution in [-0.2, 0) is 0 Å². The summed E-state index contributed by atoms with van der Waals surface area (Å²) in [5, 5.41) is 0. The van der Waals surface area contributed by atoms with Crippen LogP contribution in [0.1, 0.15) is 15.9 Å². The highest BCUT2D eigenvalue weighted by Crippen LogP contribution is 2.12. The second-order valence-corrected chi connectivity index (χ2v) is 3.25. The predicted octanol–water partition coefficient (Wildman–Crippen LogP) is 2.30. The number of nitrogens with two attached hydrogens (primary N) is 1. The third kappa shape index (κ3) is 2.05. The standard InChI is InChI=1S/C13H10NO/c14-12-8-4-7-11(9-12)13(15)10-5-2-1-3-6-10/h1-2,4-9H,14H2. The Kier molecular flexibility index (Phi) is 2.50. The first kappa shape index (κ1) is 9.46. The summed E-state index contributed by atoms with van der Waals surface area (Å²) in [6.45, 7) is 0. The molecular formula is C13H10NO. The van der Waals surface area contributed by atoms with Crippen LogP contribution in [0.4, 0.5) is 5.69 Å². The van der Waals surface area contributed by atoms with Gasteiger partial charge in [-0.3, -0.25) is 4.79 Å². The van der Waals surface area contributed by atoms with E-state index in [-0.39, 0.29) is 5.78 Å². The number of rotatable bonds is 2. The second kappa shape index (κ2) is 3.96. The number of benzene rings is 2. The lowest BCUT2D eigenvalue weighted by molar-refractivity contribution is 0.103. The molecule has 15 heavy (non-hydrogen) atoms. The van der Waals surface area contributed by atoms with Gasteiger partial charge in [0, 0.05) is 16.8 Å². The molecule has 0 aliphatic rings. The summed E-state index contributed by atoms with van der Waals surface area (Å²) in [4.78, 5) is 11.9. The molecule has 0 fully saturated rings. The first-order valence-electron chi connectivity index (χ1n) is 4.64. The molecule has 0 saturated heterocycles. The van der Waals surface area contributed by atoms with Crippen molar-refractivity contribution < 1.29 is 4.79 Å². The van der Waals surface area contributed by atoms with Gasteiger partial charge < -0.3 is 5.73 Å². The van der Waals surface area contributed by atoms with Crippen molar-refractivity contribution in [2.75, 3.05) is 5.73 Å². The average molecular weight is 196 g/mol. The van der Waals surface area contributed by atoms with Crippen LogP contribution in [0.2, 0.25) is 0 Å². The van der Waals surface area contributed by atoms with Crippen LogP contribution in [0.15, 0.2) is 48.5 Å². The highest BCUT2D eigenvalue weighted by molar-refractivity contribution is 6.09. The smallest absolute Gasteiger partial charge is 0.193 e. The molecule has 0 bridgehead atoms. The molecule has 2 N–H and O–H groups in total. The predicted molar refractivity (Wildman–Crippen MR) is 59.6 cm³/mol. The fourth-order valence-electron chi connectivity index (χ4n) is 1.38. The first-order valence-corrected chi connectivity index (χ1v) is 4.64. The Balaban J connectivity index is 2.37. The zero-order valence-electron chi connectivity index (χ0n) is 8.10. The fraction of sp³-hybridized carbons (Fsp3) is 0. The van der Waals surface area contributed by atoms with E-state index in [2.05, 4.69) is 6.07 Å². The Labute approximate surface area is 88.4 Å². The van der Waals surface area contributed by atoms with Crippen molar-refractivity contribution in [1.29, 1.82) is 0 Å². The largest absolute Gasteiger partial charge is 0.399 e. The van der Waals surface area contributed by atoms with Gasteiger partial charge in [-0.1, -0.05) is 30.3 Å². The van der Waals surface area contributed by atoms with Gasteiger partial charge in [-0.15, -0.1) is 0 Å². The molecule has 0 saturated carbocycles. The van der Waals surface area contributed by atoms with Gasteiger partial charge in [-0.05, 0) is 24.3 Å².